The zero-order chi connectivity index (χ0) is 16.7. The lowest BCUT2D eigenvalue weighted by atomic mass is 9.91. The second-order valence-electron chi connectivity index (χ2n) is 6.60. The van der Waals surface area contributed by atoms with Crippen molar-refractivity contribution in [3.05, 3.63) is 77.2 Å². The molecular formula is C21H17ClN2. The van der Waals surface area contributed by atoms with Crippen LogP contribution in [0.3, 0.4) is 0 Å². The molecule has 3 heteroatoms. The molecule has 2 aromatic carbocycles. The van der Waals surface area contributed by atoms with Crippen molar-refractivity contribution in [1.82, 2.24) is 9.97 Å². The van der Waals surface area contributed by atoms with Crippen molar-refractivity contribution in [2.45, 2.75) is 19.3 Å². The van der Waals surface area contributed by atoms with Crippen LogP contribution >= 0.6 is 11.6 Å². The predicted molar refractivity (Wildman–Crippen MR) is 100.0 cm³/mol. The van der Waals surface area contributed by atoms with E-state index in [1.807, 2.05) is 18.2 Å². The maximum Gasteiger partial charge on any atom is 0.223 e. The standard InChI is InChI=1S/C21H17ClN2/c1-21(2)13-12-17-18(23-20(22)24-19(17)21)16-10-8-15(9-11-16)14-6-4-3-5-7-14/h3-13H,1-2H3. The van der Waals surface area contributed by atoms with Crippen LogP contribution in [-0.2, 0) is 5.41 Å². The Kier molecular flexibility index (Phi) is 3.50. The average molecular weight is 333 g/mol. The third-order valence-electron chi connectivity index (χ3n) is 4.46. The molecule has 4 rings (SSSR count). The largest absolute Gasteiger partial charge is 0.223 e. The Hall–Kier alpha value is -2.45. The molecule has 0 fully saturated rings. The second-order valence-corrected chi connectivity index (χ2v) is 6.94. The summed E-state index contributed by atoms with van der Waals surface area (Å²) >= 11 is 6.18. The molecule has 0 bridgehead atoms. The van der Waals surface area contributed by atoms with E-state index in [9.17, 15) is 0 Å². The van der Waals surface area contributed by atoms with E-state index in [4.69, 9.17) is 11.6 Å². The molecular weight excluding hydrogens is 316 g/mol. The molecule has 118 valence electrons. The van der Waals surface area contributed by atoms with Crippen LogP contribution in [0.2, 0.25) is 5.28 Å². The van der Waals surface area contributed by atoms with Gasteiger partial charge >= 0.3 is 0 Å². The summed E-state index contributed by atoms with van der Waals surface area (Å²) in [6.07, 6.45) is 4.26. The molecule has 1 aromatic heterocycles. The molecule has 0 spiro atoms. The molecule has 0 atom stereocenters. The summed E-state index contributed by atoms with van der Waals surface area (Å²) in [5, 5.41) is 0.299. The van der Waals surface area contributed by atoms with Crippen molar-refractivity contribution < 1.29 is 0 Å². The third kappa shape index (κ3) is 2.53. The topological polar surface area (TPSA) is 25.8 Å². The minimum absolute atomic E-state index is 0.110. The van der Waals surface area contributed by atoms with Gasteiger partial charge in [-0.25, -0.2) is 9.97 Å². The Labute approximate surface area is 146 Å². The molecule has 24 heavy (non-hydrogen) atoms. The summed E-state index contributed by atoms with van der Waals surface area (Å²) in [6, 6.07) is 18.8. The summed E-state index contributed by atoms with van der Waals surface area (Å²) in [4.78, 5) is 8.94. The van der Waals surface area contributed by atoms with E-state index >= 15 is 0 Å². The average Bonchev–Trinajstić information content (AvgIpc) is 2.90. The van der Waals surface area contributed by atoms with E-state index in [1.54, 1.807) is 0 Å². The first kappa shape index (κ1) is 15.1. The first-order valence-electron chi connectivity index (χ1n) is 7.98. The highest BCUT2D eigenvalue weighted by molar-refractivity contribution is 6.28. The summed E-state index contributed by atoms with van der Waals surface area (Å²) < 4.78 is 0. The normalized spacial score (nSPS) is 14.6. The summed E-state index contributed by atoms with van der Waals surface area (Å²) in [7, 11) is 0. The lowest BCUT2D eigenvalue weighted by Crippen LogP contribution is -2.14. The van der Waals surface area contributed by atoms with Gasteiger partial charge in [-0.05, 0) is 22.7 Å². The fourth-order valence-corrected chi connectivity index (χ4v) is 3.30. The second kappa shape index (κ2) is 5.57. The quantitative estimate of drug-likeness (QED) is 0.557. The van der Waals surface area contributed by atoms with E-state index < -0.39 is 0 Å². The number of nitrogens with zero attached hydrogens (tertiary/aromatic N) is 2. The Morgan fingerprint density at radius 1 is 0.792 bits per heavy atom. The highest BCUT2D eigenvalue weighted by Crippen LogP contribution is 2.39. The van der Waals surface area contributed by atoms with Crippen molar-refractivity contribution >= 4 is 17.7 Å². The maximum atomic E-state index is 6.18. The SMILES string of the molecule is CC1(C)C=Cc2c(-c3ccc(-c4ccccc4)cc3)nc(Cl)nc21. The fraction of sp³-hybridized carbons (Fsp3) is 0.143. The van der Waals surface area contributed by atoms with Crippen LogP contribution in [0.1, 0.15) is 25.1 Å². The molecule has 1 aliphatic rings. The maximum absolute atomic E-state index is 6.18. The number of hydrogen-bond donors (Lipinski definition) is 0. The Morgan fingerprint density at radius 2 is 1.42 bits per heavy atom. The van der Waals surface area contributed by atoms with Gasteiger partial charge in [-0.2, -0.15) is 0 Å². The van der Waals surface area contributed by atoms with E-state index in [2.05, 4.69) is 72.4 Å². The zero-order valence-electron chi connectivity index (χ0n) is 13.6. The highest BCUT2D eigenvalue weighted by atomic mass is 35.5. The molecule has 2 nitrogen and oxygen atoms in total. The van der Waals surface area contributed by atoms with Crippen LogP contribution in [0.15, 0.2) is 60.7 Å². The first-order valence-corrected chi connectivity index (χ1v) is 8.35. The van der Waals surface area contributed by atoms with Crippen LogP contribution in [0, 0.1) is 0 Å². The molecule has 0 radical (unpaired) electrons. The van der Waals surface area contributed by atoms with Gasteiger partial charge in [-0.3, -0.25) is 0 Å². The van der Waals surface area contributed by atoms with E-state index in [0.717, 1.165) is 22.5 Å². The number of allylic oxidation sites excluding steroid dienone is 1. The van der Waals surface area contributed by atoms with Crippen LogP contribution in [0.5, 0.6) is 0 Å². The highest BCUT2D eigenvalue weighted by Gasteiger charge is 2.30. The van der Waals surface area contributed by atoms with Crippen molar-refractivity contribution in [3.8, 4) is 22.4 Å². The number of fused-ring (bicyclic) bond motifs is 1. The predicted octanol–water partition coefficient (Wildman–Crippen LogP) is 5.77. The molecule has 0 amide bonds. The van der Waals surface area contributed by atoms with Crippen molar-refractivity contribution in [1.29, 1.82) is 0 Å². The Bertz CT molecular complexity index is 926. The molecule has 0 saturated heterocycles. The number of rotatable bonds is 2. The van der Waals surface area contributed by atoms with Gasteiger partial charge in [0.25, 0.3) is 0 Å². The number of benzene rings is 2. The van der Waals surface area contributed by atoms with Gasteiger partial charge < -0.3 is 0 Å². The Morgan fingerprint density at radius 3 is 2.12 bits per heavy atom. The van der Waals surface area contributed by atoms with Gasteiger partial charge in [0.15, 0.2) is 0 Å². The minimum Gasteiger partial charge on any atom is -0.221 e. The number of aromatic nitrogens is 2. The van der Waals surface area contributed by atoms with Crippen LogP contribution < -0.4 is 0 Å². The first-order chi connectivity index (χ1) is 11.5. The van der Waals surface area contributed by atoms with Gasteiger partial charge in [0, 0.05) is 16.5 Å². The summed E-state index contributed by atoms with van der Waals surface area (Å²) in [6.45, 7) is 4.28. The lowest BCUT2D eigenvalue weighted by molar-refractivity contribution is 0.654. The van der Waals surface area contributed by atoms with E-state index in [0.29, 0.717) is 5.28 Å². The van der Waals surface area contributed by atoms with Crippen molar-refractivity contribution in [2.24, 2.45) is 0 Å². The molecule has 0 unspecified atom stereocenters. The third-order valence-corrected chi connectivity index (χ3v) is 4.63. The number of hydrogen-bond acceptors (Lipinski definition) is 2. The summed E-state index contributed by atoms with van der Waals surface area (Å²) in [5.74, 6) is 0. The fourth-order valence-electron chi connectivity index (χ4n) is 3.13. The van der Waals surface area contributed by atoms with Gasteiger partial charge in [0.05, 0.1) is 11.4 Å². The zero-order valence-corrected chi connectivity index (χ0v) is 14.4. The van der Waals surface area contributed by atoms with Crippen LogP contribution in [0.4, 0.5) is 0 Å². The molecule has 0 N–H and O–H groups in total. The van der Waals surface area contributed by atoms with E-state index in [-0.39, 0.29) is 5.41 Å². The number of halogens is 1. The van der Waals surface area contributed by atoms with Crippen LogP contribution in [0.25, 0.3) is 28.5 Å². The van der Waals surface area contributed by atoms with Crippen molar-refractivity contribution in [2.75, 3.05) is 0 Å². The molecule has 3 aromatic rings. The molecule has 1 aliphatic carbocycles. The van der Waals surface area contributed by atoms with Crippen LogP contribution in [-0.4, -0.2) is 9.97 Å². The van der Waals surface area contributed by atoms with Gasteiger partial charge in [0.1, 0.15) is 0 Å². The summed E-state index contributed by atoms with van der Waals surface area (Å²) in [5.41, 5.74) is 6.29. The van der Waals surface area contributed by atoms with Gasteiger partial charge in [0.2, 0.25) is 5.28 Å². The van der Waals surface area contributed by atoms with Gasteiger partial charge in [-0.15, -0.1) is 0 Å². The minimum atomic E-state index is -0.110. The smallest absolute Gasteiger partial charge is 0.221 e. The molecule has 0 saturated carbocycles. The van der Waals surface area contributed by atoms with Crippen molar-refractivity contribution in [3.63, 3.8) is 0 Å². The monoisotopic (exact) mass is 332 g/mol. The van der Waals surface area contributed by atoms with E-state index in [1.165, 1.54) is 11.1 Å². The molecule has 0 aliphatic heterocycles. The molecule has 1 heterocycles. The van der Waals surface area contributed by atoms with Gasteiger partial charge in [-0.1, -0.05) is 80.6 Å². The lowest BCUT2D eigenvalue weighted by Gasteiger charge is -2.17. The Balaban J connectivity index is 1.80.